The number of nitrogens with one attached hydrogen (secondary N) is 1. The van der Waals surface area contributed by atoms with Gasteiger partial charge in [0.1, 0.15) is 12.3 Å². The average Bonchev–Trinajstić information content (AvgIpc) is 2.87. The van der Waals surface area contributed by atoms with E-state index in [4.69, 9.17) is 25.8 Å². The molecule has 0 radical (unpaired) electrons. The van der Waals surface area contributed by atoms with Gasteiger partial charge in [-0.3, -0.25) is 9.10 Å². The molecule has 0 aliphatic rings. The van der Waals surface area contributed by atoms with Gasteiger partial charge >= 0.3 is 0 Å². The third kappa shape index (κ3) is 6.22. The number of rotatable bonds is 11. The predicted molar refractivity (Wildman–Crippen MR) is 140 cm³/mol. The Morgan fingerprint density at radius 2 is 1.64 bits per heavy atom. The van der Waals surface area contributed by atoms with Crippen molar-refractivity contribution in [3.63, 3.8) is 0 Å². The van der Waals surface area contributed by atoms with Crippen LogP contribution in [-0.2, 0) is 14.8 Å². The van der Waals surface area contributed by atoms with Crippen LogP contribution in [0.25, 0.3) is 0 Å². The Balaban J connectivity index is 1.93. The van der Waals surface area contributed by atoms with Gasteiger partial charge < -0.3 is 19.5 Å². The molecule has 0 heterocycles. The maximum atomic E-state index is 13.7. The number of halogens is 1. The average molecular weight is 533 g/mol. The van der Waals surface area contributed by atoms with Crippen LogP contribution in [0, 0.1) is 0 Å². The molecule has 1 N–H and O–H groups in total. The van der Waals surface area contributed by atoms with Crippen LogP contribution in [0.15, 0.2) is 71.6 Å². The quantitative estimate of drug-likeness (QED) is 0.380. The first-order valence-corrected chi connectivity index (χ1v) is 13.0. The highest BCUT2D eigenvalue weighted by Gasteiger charge is 2.30. The van der Waals surface area contributed by atoms with Crippen molar-refractivity contribution in [3.05, 3.63) is 77.3 Å². The fourth-order valence-corrected chi connectivity index (χ4v) is 5.15. The monoisotopic (exact) mass is 532 g/mol. The molecule has 0 aliphatic heterocycles. The van der Waals surface area contributed by atoms with Gasteiger partial charge in [-0.25, -0.2) is 8.42 Å². The summed E-state index contributed by atoms with van der Waals surface area (Å²) in [5, 5.41) is 3.27. The van der Waals surface area contributed by atoms with Gasteiger partial charge in [-0.2, -0.15) is 0 Å². The van der Waals surface area contributed by atoms with E-state index in [9.17, 15) is 13.2 Å². The summed E-state index contributed by atoms with van der Waals surface area (Å²) in [5.41, 5.74) is 1.02. The number of benzene rings is 3. The number of para-hydroxylation sites is 2. The molecule has 1 amide bonds. The lowest BCUT2D eigenvalue weighted by Gasteiger charge is -2.26. The van der Waals surface area contributed by atoms with E-state index in [-0.39, 0.29) is 10.6 Å². The van der Waals surface area contributed by atoms with Gasteiger partial charge in [-0.15, -0.1) is 0 Å². The van der Waals surface area contributed by atoms with Crippen LogP contribution >= 0.6 is 11.6 Å². The molecule has 0 unspecified atom stereocenters. The molecule has 0 saturated carbocycles. The second kappa shape index (κ2) is 12.0. The van der Waals surface area contributed by atoms with Gasteiger partial charge in [-0.1, -0.05) is 29.8 Å². The molecule has 0 aliphatic carbocycles. The highest BCUT2D eigenvalue weighted by atomic mass is 35.5. The summed E-state index contributed by atoms with van der Waals surface area (Å²) in [4.78, 5) is 13.2. The van der Waals surface area contributed by atoms with Gasteiger partial charge in [0.2, 0.25) is 5.91 Å². The first-order chi connectivity index (χ1) is 17.2. The van der Waals surface area contributed by atoms with Crippen molar-refractivity contribution in [3.8, 4) is 17.2 Å². The van der Waals surface area contributed by atoms with E-state index in [2.05, 4.69) is 5.32 Å². The van der Waals surface area contributed by atoms with E-state index in [1.54, 1.807) is 63.4 Å². The third-order valence-electron chi connectivity index (χ3n) is 5.41. The van der Waals surface area contributed by atoms with Crippen LogP contribution in [0.1, 0.15) is 25.5 Å². The molecule has 0 spiro atoms. The lowest BCUT2D eigenvalue weighted by molar-refractivity contribution is -0.120. The Kier molecular flexibility index (Phi) is 9.06. The van der Waals surface area contributed by atoms with Crippen LogP contribution in [-0.4, -0.2) is 41.7 Å². The van der Waals surface area contributed by atoms with E-state index < -0.39 is 28.5 Å². The smallest absolute Gasteiger partial charge is 0.264 e. The molecule has 8 nitrogen and oxygen atoms in total. The number of hydrogen-bond donors (Lipinski definition) is 1. The number of ether oxygens (including phenoxy) is 3. The van der Waals surface area contributed by atoms with E-state index in [0.717, 1.165) is 9.87 Å². The zero-order valence-electron chi connectivity index (χ0n) is 20.5. The van der Waals surface area contributed by atoms with Crippen LogP contribution in [0.2, 0.25) is 5.02 Å². The van der Waals surface area contributed by atoms with Crippen LogP contribution in [0.5, 0.6) is 17.2 Å². The van der Waals surface area contributed by atoms with Gasteiger partial charge in [0, 0.05) is 5.02 Å². The summed E-state index contributed by atoms with van der Waals surface area (Å²) >= 11 is 5.96. The molecule has 1 atom stereocenters. The Morgan fingerprint density at radius 1 is 0.972 bits per heavy atom. The van der Waals surface area contributed by atoms with E-state index in [1.165, 1.54) is 31.4 Å². The van der Waals surface area contributed by atoms with Crippen molar-refractivity contribution in [2.45, 2.75) is 24.8 Å². The minimum atomic E-state index is -4.13. The summed E-state index contributed by atoms with van der Waals surface area (Å²) < 4.78 is 44.6. The first kappa shape index (κ1) is 27.2. The summed E-state index contributed by atoms with van der Waals surface area (Å²) in [5.74, 6) is 0.931. The maximum absolute atomic E-state index is 13.7. The van der Waals surface area contributed by atoms with E-state index in [0.29, 0.717) is 28.9 Å². The number of carbonyl (C=O) groups is 1. The maximum Gasteiger partial charge on any atom is 0.264 e. The van der Waals surface area contributed by atoms with Gasteiger partial charge in [0.15, 0.2) is 11.5 Å². The fourth-order valence-electron chi connectivity index (χ4n) is 3.60. The van der Waals surface area contributed by atoms with Crippen molar-refractivity contribution in [2.24, 2.45) is 0 Å². The predicted octanol–water partition coefficient (Wildman–Crippen LogP) is 4.83. The molecule has 36 heavy (non-hydrogen) atoms. The van der Waals surface area contributed by atoms with Crippen LogP contribution in [0.4, 0.5) is 5.69 Å². The zero-order valence-corrected chi connectivity index (χ0v) is 22.1. The van der Waals surface area contributed by atoms with Crippen molar-refractivity contribution < 1.29 is 27.4 Å². The lowest BCUT2D eigenvalue weighted by atomic mass is 10.1. The van der Waals surface area contributed by atoms with Gasteiger partial charge in [0.05, 0.1) is 37.5 Å². The molecular formula is C26H29ClN2O6S. The third-order valence-corrected chi connectivity index (χ3v) is 7.43. The molecule has 0 bridgehead atoms. The summed E-state index contributed by atoms with van der Waals surface area (Å²) in [6.07, 6.45) is 0. The minimum Gasteiger partial charge on any atom is -0.493 e. The second-order valence-electron chi connectivity index (χ2n) is 7.77. The van der Waals surface area contributed by atoms with Crippen molar-refractivity contribution >= 4 is 33.2 Å². The number of nitrogens with zero attached hydrogens (tertiary/aromatic N) is 1. The molecule has 0 aromatic heterocycles. The zero-order chi connectivity index (χ0) is 26.3. The molecule has 3 aromatic rings. The number of carbonyl (C=O) groups excluding carboxylic acids is 1. The SMILES string of the molecule is CCOc1ccccc1N(CC(=O)N[C@H](C)c1ccc(OC)c(OC)c1)S(=O)(=O)c1ccc(Cl)cc1. The first-order valence-electron chi connectivity index (χ1n) is 11.2. The molecule has 0 fully saturated rings. The van der Waals surface area contributed by atoms with Crippen molar-refractivity contribution in [2.75, 3.05) is 31.7 Å². The normalized spacial score (nSPS) is 11.9. The number of anilines is 1. The Hall–Kier alpha value is -3.43. The number of amides is 1. The standard InChI is InChI=1S/C26H29ClN2O6S/c1-5-35-23-9-7-6-8-22(23)29(36(31,32)21-13-11-20(27)12-14-21)17-26(30)28-18(2)19-10-15-24(33-3)25(16-19)34-4/h6-16,18H,5,17H2,1-4H3,(H,28,30)/t18-/m1/s1. The molecular weight excluding hydrogens is 504 g/mol. The minimum absolute atomic E-state index is 0.000981. The molecule has 10 heteroatoms. The largest absolute Gasteiger partial charge is 0.493 e. The van der Waals surface area contributed by atoms with Crippen molar-refractivity contribution in [1.29, 1.82) is 0 Å². The van der Waals surface area contributed by atoms with Crippen LogP contribution < -0.4 is 23.8 Å². The van der Waals surface area contributed by atoms with Gasteiger partial charge in [0.25, 0.3) is 10.0 Å². The molecule has 3 aromatic carbocycles. The highest BCUT2D eigenvalue weighted by molar-refractivity contribution is 7.92. The fraction of sp³-hybridized carbons (Fsp3) is 0.269. The van der Waals surface area contributed by atoms with Gasteiger partial charge in [-0.05, 0) is 67.9 Å². The highest BCUT2D eigenvalue weighted by Crippen LogP contribution is 2.33. The molecule has 0 saturated heterocycles. The Labute approximate surface area is 216 Å². The topological polar surface area (TPSA) is 94.2 Å². The van der Waals surface area contributed by atoms with E-state index >= 15 is 0 Å². The summed E-state index contributed by atoms with van der Waals surface area (Å²) in [6, 6.07) is 17.3. The molecule has 192 valence electrons. The van der Waals surface area contributed by atoms with Crippen LogP contribution in [0.3, 0.4) is 0 Å². The van der Waals surface area contributed by atoms with E-state index in [1.807, 2.05) is 0 Å². The Morgan fingerprint density at radius 3 is 2.28 bits per heavy atom. The second-order valence-corrected chi connectivity index (χ2v) is 10.1. The van der Waals surface area contributed by atoms with Crippen molar-refractivity contribution in [1.82, 2.24) is 5.32 Å². The number of hydrogen-bond acceptors (Lipinski definition) is 6. The Bertz CT molecular complexity index is 1300. The molecule has 3 rings (SSSR count). The number of sulfonamides is 1. The lowest BCUT2D eigenvalue weighted by Crippen LogP contribution is -2.41. The summed E-state index contributed by atoms with van der Waals surface area (Å²) in [7, 11) is -1.06. The summed E-state index contributed by atoms with van der Waals surface area (Å²) in [6.45, 7) is 3.46. The number of methoxy groups -OCH3 is 2.